The molecular weight excluding hydrogens is 210 g/mol. The number of carbonyl (C=O) groups is 2. The molecule has 0 heterocycles. The summed E-state index contributed by atoms with van der Waals surface area (Å²) < 4.78 is 0. The van der Waals surface area contributed by atoms with Crippen LogP contribution in [0, 0.1) is 0 Å². The molecule has 6 heteroatoms. The molecule has 6 nitrogen and oxygen atoms in total. The highest BCUT2D eigenvalue weighted by molar-refractivity contribution is 5.95. The zero-order valence-electron chi connectivity index (χ0n) is 9.06. The lowest BCUT2D eigenvalue weighted by atomic mass is 10.2. The van der Waals surface area contributed by atoms with Gasteiger partial charge in [-0.25, -0.2) is 0 Å². The third-order valence-electron chi connectivity index (χ3n) is 1.79. The van der Waals surface area contributed by atoms with Crippen LogP contribution in [0.2, 0.25) is 0 Å². The average molecular weight is 227 g/mol. The van der Waals surface area contributed by atoms with Gasteiger partial charge in [-0.15, -0.1) is 0 Å². The van der Waals surface area contributed by atoms with Crippen LogP contribution in [-0.2, 0) is 9.59 Å². The fourth-order valence-electron chi connectivity index (χ4n) is 1.01. The topological polar surface area (TPSA) is 105 Å². The van der Waals surface area contributed by atoms with Crippen molar-refractivity contribution in [1.82, 2.24) is 5.32 Å². The monoisotopic (exact) mass is 227 g/mol. The Morgan fingerprint density at radius 1 is 1.38 bits per heavy atom. The number of carboxylic acid groups (broad SMARTS) is 1. The molecule has 0 unspecified atom stereocenters. The molecule has 0 bridgehead atoms. The van der Waals surface area contributed by atoms with Crippen LogP contribution in [0.15, 0.2) is 17.3 Å². The number of nitrogens with zero attached hydrogens (tertiary/aromatic N) is 1. The molecule has 0 fully saturated rings. The number of aliphatic carboxylic acids is 1. The van der Waals surface area contributed by atoms with Gasteiger partial charge in [-0.2, -0.15) is 4.99 Å². The van der Waals surface area contributed by atoms with Gasteiger partial charge in [0, 0.05) is 19.2 Å². The van der Waals surface area contributed by atoms with Crippen molar-refractivity contribution in [3.8, 4) is 0 Å². The van der Waals surface area contributed by atoms with Gasteiger partial charge in [0.2, 0.25) is 6.41 Å². The van der Waals surface area contributed by atoms with Gasteiger partial charge < -0.3 is 16.2 Å². The number of carboxylic acids is 1. The van der Waals surface area contributed by atoms with E-state index in [9.17, 15) is 9.59 Å². The number of rotatable bonds is 9. The zero-order valence-corrected chi connectivity index (χ0v) is 9.06. The second kappa shape index (κ2) is 9.70. The minimum Gasteiger partial charge on any atom is -0.481 e. The first-order chi connectivity index (χ1) is 7.66. The molecule has 1 amide bonds. The van der Waals surface area contributed by atoms with Crippen LogP contribution in [0.3, 0.4) is 0 Å². The summed E-state index contributed by atoms with van der Waals surface area (Å²) in [5.74, 6) is -0.612. The average Bonchev–Trinajstić information content (AvgIpc) is 2.22. The molecule has 0 radical (unpaired) electrons. The molecule has 0 aromatic rings. The number of unbranched alkanes of at least 4 members (excludes halogenated alkanes) is 2. The standard InChI is InChI=1S/C10H17N3O3/c11-9(13-8-14)5-7-12-6-3-1-2-4-10(15)16/h5,7-8,12H,1-4,6H2,(H,15,16)(H2,11,13,14)/b7-5-. The van der Waals surface area contributed by atoms with E-state index in [1.54, 1.807) is 6.20 Å². The molecule has 0 aliphatic heterocycles. The van der Waals surface area contributed by atoms with Crippen molar-refractivity contribution in [3.63, 3.8) is 0 Å². The second-order valence-corrected chi connectivity index (χ2v) is 3.15. The first kappa shape index (κ1) is 14.2. The smallest absolute Gasteiger partial charge is 0.303 e. The minimum atomic E-state index is -0.759. The summed E-state index contributed by atoms with van der Waals surface area (Å²) in [5.41, 5.74) is 5.31. The van der Waals surface area contributed by atoms with Crippen LogP contribution in [0.5, 0.6) is 0 Å². The molecular formula is C10H17N3O3. The van der Waals surface area contributed by atoms with Crippen LogP contribution >= 0.6 is 0 Å². The Labute approximate surface area is 94.2 Å². The number of nitrogens with two attached hydrogens (primary N) is 1. The summed E-state index contributed by atoms with van der Waals surface area (Å²) in [6, 6.07) is 0. The van der Waals surface area contributed by atoms with E-state index in [1.165, 1.54) is 6.08 Å². The summed E-state index contributed by atoms with van der Waals surface area (Å²) >= 11 is 0. The highest BCUT2D eigenvalue weighted by Crippen LogP contribution is 1.98. The van der Waals surface area contributed by atoms with Crippen molar-refractivity contribution in [2.45, 2.75) is 25.7 Å². The fraction of sp³-hybridized carbons (Fsp3) is 0.500. The Morgan fingerprint density at radius 3 is 2.75 bits per heavy atom. The fourth-order valence-corrected chi connectivity index (χ4v) is 1.01. The van der Waals surface area contributed by atoms with Crippen LogP contribution < -0.4 is 11.1 Å². The predicted molar refractivity (Wildman–Crippen MR) is 60.9 cm³/mol. The molecule has 0 aliphatic rings. The van der Waals surface area contributed by atoms with Gasteiger partial charge in [0.25, 0.3) is 0 Å². The third kappa shape index (κ3) is 10.2. The minimum absolute atomic E-state index is 0.147. The number of hydrogen-bond acceptors (Lipinski definition) is 3. The number of carbonyl (C=O) groups excluding carboxylic acids is 1. The van der Waals surface area contributed by atoms with Gasteiger partial charge in [-0.1, -0.05) is 6.42 Å². The number of nitrogens with one attached hydrogen (secondary N) is 1. The van der Waals surface area contributed by atoms with Crippen molar-refractivity contribution < 1.29 is 14.7 Å². The van der Waals surface area contributed by atoms with Gasteiger partial charge in [0.05, 0.1) is 0 Å². The summed E-state index contributed by atoms with van der Waals surface area (Å²) in [4.78, 5) is 23.4. The Balaban J connectivity index is 3.36. The molecule has 90 valence electrons. The highest BCUT2D eigenvalue weighted by Gasteiger charge is 1.95. The van der Waals surface area contributed by atoms with Gasteiger partial charge in [-0.05, 0) is 18.9 Å². The first-order valence-electron chi connectivity index (χ1n) is 5.05. The molecule has 16 heavy (non-hydrogen) atoms. The number of amidine groups is 1. The molecule has 4 N–H and O–H groups in total. The van der Waals surface area contributed by atoms with Gasteiger partial charge in [0.1, 0.15) is 5.84 Å². The van der Waals surface area contributed by atoms with Gasteiger partial charge in [0.15, 0.2) is 0 Å². The van der Waals surface area contributed by atoms with E-state index in [-0.39, 0.29) is 12.3 Å². The Hall–Kier alpha value is -1.85. The zero-order chi connectivity index (χ0) is 12.2. The molecule has 0 atom stereocenters. The maximum Gasteiger partial charge on any atom is 0.303 e. The van der Waals surface area contributed by atoms with Gasteiger partial charge >= 0.3 is 5.97 Å². The highest BCUT2D eigenvalue weighted by atomic mass is 16.4. The van der Waals surface area contributed by atoms with Crippen molar-refractivity contribution >= 4 is 18.2 Å². The van der Waals surface area contributed by atoms with E-state index in [2.05, 4.69) is 10.3 Å². The lowest BCUT2D eigenvalue weighted by Gasteiger charge is -1.99. The lowest BCUT2D eigenvalue weighted by molar-refractivity contribution is -0.137. The van der Waals surface area contributed by atoms with E-state index >= 15 is 0 Å². The number of aliphatic imine (C=N–C) groups is 1. The van der Waals surface area contributed by atoms with Crippen molar-refractivity contribution in [2.24, 2.45) is 10.7 Å². The lowest BCUT2D eigenvalue weighted by Crippen LogP contribution is -2.12. The molecule has 0 rings (SSSR count). The van der Waals surface area contributed by atoms with Crippen LogP contribution in [0.1, 0.15) is 25.7 Å². The first-order valence-corrected chi connectivity index (χ1v) is 5.05. The van der Waals surface area contributed by atoms with E-state index in [0.717, 1.165) is 19.4 Å². The van der Waals surface area contributed by atoms with E-state index < -0.39 is 5.97 Å². The van der Waals surface area contributed by atoms with E-state index in [0.29, 0.717) is 12.8 Å². The molecule has 0 spiro atoms. The van der Waals surface area contributed by atoms with Crippen LogP contribution in [0.4, 0.5) is 0 Å². The normalized spacial score (nSPS) is 11.6. The second-order valence-electron chi connectivity index (χ2n) is 3.15. The van der Waals surface area contributed by atoms with Crippen LogP contribution in [0.25, 0.3) is 0 Å². The summed E-state index contributed by atoms with van der Waals surface area (Å²) in [6.45, 7) is 0.741. The molecule has 0 aromatic heterocycles. The van der Waals surface area contributed by atoms with Crippen molar-refractivity contribution in [3.05, 3.63) is 12.3 Å². The molecule has 0 aromatic carbocycles. The number of amides is 1. The molecule has 0 saturated carbocycles. The maximum atomic E-state index is 10.2. The van der Waals surface area contributed by atoms with Crippen LogP contribution in [-0.4, -0.2) is 29.9 Å². The van der Waals surface area contributed by atoms with Crippen molar-refractivity contribution in [2.75, 3.05) is 6.54 Å². The largest absolute Gasteiger partial charge is 0.481 e. The SMILES string of the molecule is NC(/C=C\NCCCCCC(=O)O)=NC=O. The Kier molecular flexibility index (Phi) is 8.57. The Bertz CT molecular complexity index is 274. The quantitative estimate of drug-likeness (QED) is 0.226. The van der Waals surface area contributed by atoms with Crippen molar-refractivity contribution in [1.29, 1.82) is 0 Å². The predicted octanol–water partition coefficient (Wildman–Crippen LogP) is 0.248. The van der Waals surface area contributed by atoms with E-state index in [4.69, 9.17) is 10.8 Å². The molecule has 0 saturated heterocycles. The van der Waals surface area contributed by atoms with Gasteiger partial charge in [-0.3, -0.25) is 9.59 Å². The Morgan fingerprint density at radius 2 is 2.12 bits per heavy atom. The summed E-state index contributed by atoms with van der Waals surface area (Å²) in [5, 5.41) is 11.3. The maximum absolute atomic E-state index is 10.2. The van der Waals surface area contributed by atoms with E-state index in [1.807, 2.05) is 0 Å². The number of hydrogen-bond donors (Lipinski definition) is 3. The summed E-state index contributed by atoms with van der Waals surface area (Å²) in [7, 11) is 0. The summed E-state index contributed by atoms with van der Waals surface area (Å²) in [6.07, 6.45) is 6.15. The molecule has 0 aliphatic carbocycles. The third-order valence-corrected chi connectivity index (χ3v) is 1.79.